The van der Waals surface area contributed by atoms with Crippen molar-refractivity contribution in [2.24, 2.45) is 5.92 Å². The number of nitrogens with zero attached hydrogens (tertiary/aromatic N) is 1. The molecule has 1 aliphatic heterocycles. The number of hydrogen-bond acceptors (Lipinski definition) is 4. The molecule has 0 bridgehead atoms. The molecule has 0 atom stereocenters. The Hall–Kier alpha value is -2.04. The molecule has 5 nitrogen and oxygen atoms in total. The molecule has 0 spiro atoms. The van der Waals surface area contributed by atoms with Crippen molar-refractivity contribution in [3.63, 3.8) is 0 Å². The lowest BCUT2D eigenvalue weighted by Crippen LogP contribution is -2.40. The molecular weight excluding hydrogens is 270 g/mol. The lowest BCUT2D eigenvalue weighted by molar-refractivity contribution is -0.149. The Kier molecular flexibility index (Phi) is 5.20. The summed E-state index contributed by atoms with van der Waals surface area (Å²) in [6.45, 7) is 3.38. The summed E-state index contributed by atoms with van der Waals surface area (Å²) in [5, 5.41) is 0. The van der Waals surface area contributed by atoms with Crippen molar-refractivity contribution in [3.8, 4) is 5.75 Å². The van der Waals surface area contributed by atoms with Crippen LogP contribution in [-0.2, 0) is 9.53 Å². The van der Waals surface area contributed by atoms with Crippen LogP contribution in [0.3, 0.4) is 0 Å². The highest BCUT2D eigenvalue weighted by Crippen LogP contribution is 2.21. The quantitative estimate of drug-likeness (QED) is 0.797. The molecule has 2 rings (SSSR count). The predicted molar refractivity (Wildman–Crippen MR) is 78.3 cm³/mol. The number of methoxy groups -OCH3 is 1. The Bertz CT molecular complexity index is 507. The molecule has 0 aromatic heterocycles. The standard InChI is InChI=1S/C16H21NO4/c1-3-21-16(19)12-7-9-17(10-8-12)15(18)13-5-4-6-14(11-13)20-2/h4-6,11-12H,3,7-10H2,1-2H3. The SMILES string of the molecule is CCOC(=O)C1CCN(C(=O)c2cccc(OC)c2)CC1. The molecule has 21 heavy (non-hydrogen) atoms. The van der Waals surface area contributed by atoms with Crippen molar-refractivity contribution in [1.29, 1.82) is 0 Å². The third-order valence-electron chi connectivity index (χ3n) is 3.72. The van der Waals surface area contributed by atoms with Crippen LogP contribution < -0.4 is 4.74 Å². The number of piperidine rings is 1. The second-order valence-corrected chi connectivity index (χ2v) is 5.05. The van der Waals surface area contributed by atoms with E-state index in [1.807, 2.05) is 6.07 Å². The summed E-state index contributed by atoms with van der Waals surface area (Å²) in [5.41, 5.74) is 0.615. The molecule has 1 aromatic rings. The first-order valence-electron chi connectivity index (χ1n) is 7.25. The lowest BCUT2D eigenvalue weighted by Gasteiger charge is -2.31. The molecular formula is C16H21NO4. The molecule has 1 saturated heterocycles. The van der Waals surface area contributed by atoms with E-state index in [9.17, 15) is 9.59 Å². The van der Waals surface area contributed by atoms with Gasteiger partial charge in [0, 0.05) is 18.7 Å². The summed E-state index contributed by atoms with van der Waals surface area (Å²) in [6, 6.07) is 7.13. The topological polar surface area (TPSA) is 55.8 Å². The monoisotopic (exact) mass is 291 g/mol. The largest absolute Gasteiger partial charge is 0.497 e. The van der Waals surface area contributed by atoms with Gasteiger partial charge in [0.2, 0.25) is 0 Å². The van der Waals surface area contributed by atoms with Crippen LogP contribution in [0.2, 0.25) is 0 Å². The van der Waals surface area contributed by atoms with Gasteiger partial charge in [-0.2, -0.15) is 0 Å². The van der Waals surface area contributed by atoms with Gasteiger partial charge in [-0.3, -0.25) is 9.59 Å². The van der Waals surface area contributed by atoms with Crippen molar-refractivity contribution < 1.29 is 19.1 Å². The highest BCUT2D eigenvalue weighted by molar-refractivity contribution is 5.94. The highest BCUT2D eigenvalue weighted by Gasteiger charge is 2.28. The van der Waals surface area contributed by atoms with E-state index in [1.54, 1.807) is 37.1 Å². The Morgan fingerprint density at radius 3 is 2.62 bits per heavy atom. The lowest BCUT2D eigenvalue weighted by atomic mass is 9.96. The van der Waals surface area contributed by atoms with Crippen LogP contribution in [0.1, 0.15) is 30.1 Å². The number of amides is 1. The minimum atomic E-state index is -0.147. The Morgan fingerprint density at radius 1 is 1.29 bits per heavy atom. The highest BCUT2D eigenvalue weighted by atomic mass is 16.5. The third kappa shape index (κ3) is 3.74. The predicted octanol–water partition coefficient (Wildman–Crippen LogP) is 2.11. The Morgan fingerprint density at radius 2 is 2.00 bits per heavy atom. The number of likely N-dealkylation sites (tertiary alicyclic amines) is 1. The molecule has 0 radical (unpaired) electrons. The van der Waals surface area contributed by atoms with Crippen molar-refractivity contribution in [1.82, 2.24) is 4.90 Å². The van der Waals surface area contributed by atoms with Crippen LogP contribution in [0.5, 0.6) is 5.75 Å². The average molecular weight is 291 g/mol. The molecule has 1 amide bonds. The van der Waals surface area contributed by atoms with E-state index >= 15 is 0 Å². The zero-order chi connectivity index (χ0) is 15.2. The first kappa shape index (κ1) is 15.4. The number of rotatable bonds is 4. The van der Waals surface area contributed by atoms with Crippen molar-refractivity contribution in [2.45, 2.75) is 19.8 Å². The first-order chi connectivity index (χ1) is 10.2. The molecule has 1 fully saturated rings. The summed E-state index contributed by atoms with van der Waals surface area (Å²) in [4.78, 5) is 25.9. The maximum absolute atomic E-state index is 12.4. The van der Waals surface area contributed by atoms with E-state index < -0.39 is 0 Å². The van der Waals surface area contributed by atoms with Gasteiger partial charge in [0.05, 0.1) is 19.6 Å². The smallest absolute Gasteiger partial charge is 0.309 e. The van der Waals surface area contributed by atoms with Crippen molar-refractivity contribution in [2.75, 3.05) is 26.8 Å². The van der Waals surface area contributed by atoms with Crippen LogP contribution in [0.25, 0.3) is 0 Å². The fourth-order valence-corrected chi connectivity index (χ4v) is 2.52. The summed E-state index contributed by atoms with van der Waals surface area (Å²) < 4.78 is 10.2. The molecule has 1 aromatic carbocycles. The van der Waals surface area contributed by atoms with Crippen LogP contribution in [0.4, 0.5) is 0 Å². The van der Waals surface area contributed by atoms with E-state index in [1.165, 1.54) is 0 Å². The van der Waals surface area contributed by atoms with Gasteiger partial charge >= 0.3 is 5.97 Å². The molecule has 5 heteroatoms. The Balaban J connectivity index is 1.95. The van der Waals surface area contributed by atoms with Gasteiger partial charge in [0.15, 0.2) is 0 Å². The normalized spacial score (nSPS) is 15.6. The van der Waals surface area contributed by atoms with Gasteiger partial charge in [-0.1, -0.05) is 6.07 Å². The second-order valence-electron chi connectivity index (χ2n) is 5.05. The molecule has 1 aliphatic rings. The maximum atomic E-state index is 12.4. The maximum Gasteiger partial charge on any atom is 0.309 e. The Labute approximate surface area is 124 Å². The molecule has 0 aliphatic carbocycles. The van der Waals surface area contributed by atoms with E-state index in [0.29, 0.717) is 43.9 Å². The van der Waals surface area contributed by atoms with Gasteiger partial charge in [-0.05, 0) is 38.0 Å². The number of carbonyl (C=O) groups excluding carboxylic acids is 2. The van der Waals surface area contributed by atoms with Crippen molar-refractivity contribution >= 4 is 11.9 Å². The van der Waals surface area contributed by atoms with Gasteiger partial charge in [0.25, 0.3) is 5.91 Å². The van der Waals surface area contributed by atoms with E-state index in [4.69, 9.17) is 9.47 Å². The van der Waals surface area contributed by atoms with Crippen molar-refractivity contribution in [3.05, 3.63) is 29.8 Å². The minimum Gasteiger partial charge on any atom is -0.497 e. The van der Waals surface area contributed by atoms with Crippen LogP contribution in [0, 0.1) is 5.92 Å². The summed E-state index contributed by atoms with van der Waals surface area (Å²) in [6.07, 6.45) is 1.32. The number of carbonyl (C=O) groups is 2. The third-order valence-corrected chi connectivity index (χ3v) is 3.72. The van der Waals surface area contributed by atoms with Gasteiger partial charge in [-0.25, -0.2) is 0 Å². The first-order valence-corrected chi connectivity index (χ1v) is 7.25. The fraction of sp³-hybridized carbons (Fsp3) is 0.500. The number of benzene rings is 1. The van der Waals surface area contributed by atoms with Crippen LogP contribution >= 0.6 is 0 Å². The number of esters is 1. The summed E-state index contributed by atoms with van der Waals surface area (Å²) in [5.74, 6) is 0.420. The van der Waals surface area contributed by atoms with E-state index in [0.717, 1.165) is 0 Å². The van der Waals surface area contributed by atoms with E-state index in [-0.39, 0.29) is 17.8 Å². The summed E-state index contributed by atoms with van der Waals surface area (Å²) in [7, 11) is 1.58. The minimum absolute atomic E-state index is 0.0174. The summed E-state index contributed by atoms with van der Waals surface area (Å²) >= 11 is 0. The molecule has 0 unspecified atom stereocenters. The van der Waals surface area contributed by atoms with Gasteiger partial charge in [-0.15, -0.1) is 0 Å². The van der Waals surface area contributed by atoms with Gasteiger partial charge < -0.3 is 14.4 Å². The zero-order valence-electron chi connectivity index (χ0n) is 12.5. The number of hydrogen-bond donors (Lipinski definition) is 0. The molecule has 1 heterocycles. The molecule has 114 valence electrons. The fourth-order valence-electron chi connectivity index (χ4n) is 2.52. The average Bonchev–Trinajstić information content (AvgIpc) is 2.54. The van der Waals surface area contributed by atoms with E-state index in [2.05, 4.69) is 0 Å². The van der Waals surface area contributed by atoms with Crippen LogP contribution in [0.15, 0.2) is 24.3 Å². The van der Waals surface area contributed by atoms with Crippen LogP contribution in [-0.4, -0.2) is 43.6 Å². The number of ether oxygens (including phenoxy) is 2. The molecule has 0 N–H and O–H groups in total. The zero-order valence-corrected chi connectivity index (χ0v) is 12.5. The molecule has 0 saturated carbocycles. The van der Waals surface area contributed by atoms with Gasteiger partial charge in [0.1, 0.15) is 5.75 Å². The second kappa shape index (κ2) is 7.11.